The van der Waals surface area contributed by atoms with Gasteiger partial charge in [-0.05, 0) is 67.5 Å². The van der Waals surface area contributed by atoms with Crippen molar-refractivity contribution >= 4 is 30.8 Å². The van der Waals surface area contributed by atoms with E-state index in [0.29, 0.717) is 27.0 Å². The van der Waals surface area contributed by atoms with Crippen LogP contribution in [0, 0.1) is 6.92 Å². The molecule has 1 heterocycles. The van der Waals surface area contributed by atoms with Crippen molar-refractivity contribution in [3.05, 3.63) is 72.2 Å². The van der Waals surface area contributed by atoms with Crippen molar-refractivity contribution in [3.63, 3.8) is 0 Å². The molecule has 37 heavy (non-hydrogen) atoms. The van der Waals surface area contributed by atoms with Gasteiger partial charge in [-0.25, -0.2) is 9.00 Å². The van der Waals surface area contributed by atoms with Gasteiger partial charge >= 0.3 is 5.97 Å². The Balaban J connectivity index is 2.12. The number of furan rings is 1. The molecule has 1 unspecified atom stereocenters. The van der Waals surface area contributed by atoms with E-state index in [4.69, 9.17) is 18.3 Å². The molecule has 0 aliphatic rings. The highest BCUT2D eigenvalue weighted by Gasteiger charge is 2.45. The molecule has 0 radical (unpaired) electrons. The highest BCUT2D eigenvalue weighted by atomic mass is 32.2. The summed E-state index contributed by atoms with van der Waals surface area (Å²) in [4.78, 5) is 14.3. The van der Waals surface area contributed by atoms with Crippen molar-refractivity contribution in [2.45, 2.75) is 67.8 Å². The Morgan fingerprint density at radius 2 is 1.62 bits per heavy atom. The average molecular weight is 544 g/mol. The van der Waals surface area contributed by atoms with Crippen molar-refractivity contribution < 1.29 is 27.3 Å². The van der Waals surface area contributed by atoms with E-state index < -0.39 is 37.2 Å². The van der Waals surface area contributed by atoms with Crippen LogP contribution < -0.4 is 10.1 Å². The number of benzene rings is 2. The first-order valence-electron chi connectivity index (χ1n) is 12.1. The predicted octanol–water partition coefficient (Wildman–Crippen LogP) is 6.48. The van der Waals surface area contributed by atoms with Crippen molar-refractivity contribution in [1.29, 1.82) is 0 Å². The summed E-state index contributed by atoms with van der Waals surface area (Å²) in [6, 6.07) is 15.7. The first kappa shape index (κ1) is 28.7. The lowest BCUT2D eigenvalue weighted by molar-refractivity contribution is -0.150. The van der Waals surface area contributed by atoms with Gasteiger partial charge in [-0.2, -0.15) is 0 Å². The molecule has 1 N–H and O–H groups in total. The van der Waals surface area contributed by atoms with Crippen LogP contribution >= 0.6 is 0 Å². The molecule has 1 aromatic heterocycles. The molecule has 2 aromatic carbocycles. The highest BCUT2D eigenvalue weighted by molar-refractivity contribution is 7.85. The number of nitrogens with one attached hydrogen (secondary N) is 1. The first-order valence-corrected chi connectivity index (χ1v) is 16.2. The van der Waals surface area contributed by atoms with Crippen molar-refractivity contribution in [2.24, 2.45) is 0 Å². The van der Waals surface area contributed by atoms with E-state index in [1.807, 2.05) is 55.5 Å². The maximum atomic E-state index is 13.6. The molecule has 0 fully saturated rings. The molecule has 7 nitrogen and oxygen atoms in total. The minimum absolute atomic E-state index is 0.166. The zero-order valence-corrected chi connectivity index (χ0v) is 24.6. The van der Waals surface area contributed by atoms with Crippen LogP contribution in [0.5, 0.6) is 5.75 Å². The molecule has 0 amide bonds. The van der Waals surface area contributed by atoms with E-state index in [1.165, 1.54) is 13.4 Å². The number of hydrogen-bond acceptors (Lipinski definition) is 7. The average Bonchev–Trinajstić information content (AvgIpc) is 3.35. The Labute approximate surface area is 223 Å². The van der Waals surface area contributed by atoms with Crippen molar-refractivity contribution in [3.8, 4) is 5.75 Å². The molecular weight excluding hydrogens is 506 g/mol. The summed E-state index contributed by atoms with van der Waals surface area (Å²) < 4.78 is 36.7. The van der Waals surface area contributed by atoms with E-state index in [-0.39, 0.29) is 5.04 Å². The molecule has 0 aliphatic heterocycles. The van der Waals surface area contributed by atoms with E-state index in [2.05, 4.69) is 39.2 Å². The number of hydrogen-bond donors (Lipinski definition) is 1. The van der Waals surface area contributed by atoms with Gasteiger partial charge in [0.25, 0.3) is 0 Å². The van der Waals surface area contributed by atoms with Gasteiger partial charge in [0.05, 0.1) is 36.2 Å². The predicted molar refractivity (Wildman–Crippen MR) is 148 cm³/mol. The number of carbonyl (C=O) groups is 1. The van der Waals surface area contributed by atoms with E-state index in [9.17, 15) is 9.00 Å². The molecule has 0 saturated carbocycles. The lowest BCUT2D eigenvalue weighted by Crippen LogP contribution is -2.49. The van der Waals surface area contributed by atoms with Gasteiger partial charge in [0.15, 0.2) is 14.4 Å². The summed E-state index contributed by atoms with van der Waals surface area (Å²) in [6.45, 7) is 12.4. The van der Waals surface area contributed by atoms with E-state index in [0.717, 1.165) is 5.56 Å². The summed E-state index contributed by atoms with van der Waals surface area (Å²) in [5.41, 5.74) is 1.78. The van der Waals surface area contributed by atoms with E-state index in [1.54, 1.807) is 13.2 Å². The second kappa shape index (κ2) is 11.7. The molecule has 0 spiro atoms. The molecule has 0 bridgehead atoms. The molecule has 9 heteroatoms. The monoisotopic (exact) mass is 543 g/mol. The topological polar surface area (TPSA) is 87.0 Å². The van der Waals surface area contributed by atoms with Crippen LogP contribution in [0.4, 0.5) is 5.69 Å². The SMILES string of the molecule is COC(=O)[C@H](O[Si](C)(C)C(C)(C)C)[C@@H](Nc1ccc(OC)cc1)c1occc1S(=O)c1ccc(C)cc1. The summed E-state index contributed by atoms with van der Waals surface area (Å²) >= 11 is 0. The van der Waals surface area contributed by atoms with Gasteiger partial charge in [0.1, 0.15) is 17.6 Å². The molecule has 3 rings (SSSR count). The number of aryl methyl sites for hydroxylation is 1. The van der Waals surface area contributed by atoms with Crippen LogP contribution in [0.25, 0.3) is 0 Å². The van der Waals surface area contributed by atoms with Gasteiger partial charge in [-0.15, -0.1) is 0 Å². The molecule has 0 aliphatic carbocycles. The summed E-state index contributed by atoms with van der Waals surface area (Å²) in [5.74, 6) is 0.506. The third-order valence-electron chi connectivity index (χ3n) is 6.75. The third-order valence-corrected chi connectivity index (χ3v) is 12.6. The molecule has 3 atom stereocenters. The van der Waals surface area contributed by atoms with Crippen LogP contribution in [0.15, 0.2) is 75.1 Å². The quantitative estimate of drug-likeness (QED) is 0.231. The number of methoxy groups -OCH3 is 2. The number of rotatable bonds is 10. The number of esters is 1. The Morgan fingerprint density at radius 1 is 1.00 bits per heavy atom. The van der Waals surface area contributed by atoms with Crippen molar-refractivity contribution in [2.75, 3.05) is 19.5 Å². The van der Waals surface area contributed by atoms with Crippen LogP contribution in [0.1, 0.15) is 38.1 Å². The maximum Gasteiger partial charge on any atom is 0.336 e. The zero-order chi connectivity index (χ0) is 27.4. The van der Waals surface area contributed by atoms with Crippen molar-refractivity contribution in [1.82, 2.24) is 0 Å². The molecule has 0 saturated heterocycles. The van der Waals surface area contributed by atoms with E-state index >= 15 is 0 Å². The maximum absolute atomic E-state index is 13.6. The fourth-order valence-corrected chi connectivity index (χ4v) is 5.88. The Bertz CT molecular complexity index is 1210. The van der Waals surface area contributed by atoms with Gasteiger partial charge in [0.2, 0.25) is 0 Å². The second-order valence-electron chi connectivity index (χ2n) is 10.4. The highest BCUT2D eigenvalue weighted by Crippen LogP contribution is 2.41. The Hall–Kier alpha value is -2.88. The van der Waals surface area contributed by atoms with Crippen LogP contribution in [-0.4, -0.2) is 38.8 Å². The normalized spacial score (nSPS) is 14.5. The third kappa shape index (κ3) is 6.71. The molecule has 200 valence electrons. The lowest BCUT2D eigenvalue weighted by Gasteiger charge is -2.40. The largest absolute Gasteiger partial charge is 0.497 e. The Kier molecular flexibility index (Phi) is 9.04. The summed E-state index contributed by atoms with van der Waals surface area (Å²) in [5, 5.41) is 3.22. The smallest absolute Gasteiger partial charge is 0.336 e. The molecule has 3 aromatic rings. The number of carbonyl (C=O) groups excluding carboxylic acids is 1. The first-order chi connectivity index (χ1) is 17.4. The van der Waals surface area contributed by atoms with Crippen LogP contribution in [-0.2, 0) is 24.8 Å². The van der Waals surface area contributed by atoms with Crippen LogP contribution in [0.2, 0.25) is 18.1 Å². The number of anilines is 1. The number of ether oxygens (including phenoxy) is 2. The van der Waals surface area contributed by atoms with Gasteiger partial charge in [-0.1, -0.05) is 38.5 Å². The minimum atomic E-state index is -2.45. The van der Waals surface area contributed by atoms with Gasteiger partial charge < -0.3 is 23.6 Å². The zero-order valence-electron chi connectivity index (χ0n) is 22.8. The van der Waals surface area contributed by atoms with Gasteiger partial charge in [-0.3, -0.25) is 0 Å². The summed E-state index contributed by atoms with van der Waals surface area (Å²) in [6.07, 6.45) is 0.438. The lowest BCUT2D eigenvalue weighted by atomic mass is 10.1. The van der Waals surface area contributed by atoms with Gasteiger partial charge in [0, 0.05) is 10.6 Å². The fourth-order valence-electron chi connectivity index (χ4n) is 3.49. The Morgan fingerprint density at radius 3 is 2.16 bits per heavy atom. The standard InChI is InChI=1S/C28H37NO6SSi/c1-19-9-15-22(16-10-19)36(31)23-17-18-34-25(23)24(29-20-11-13-21(32-5)14-12-20)26(27(30)33-6)35-37(7,8)28(2,3)4/h9-18,24,26,29H,1-8H3/t24-,26+,36?/m0/s1. The molecular formula is C28H37NO6SSi. The van der Waals surface area contributed by atoms with Crippen LogP contribution in [0.3, 0.4) is 0 Å². The summed E-state index contributed by atoms with van der Waals surface area (Å²) in [7, 11) is -1.05. The second-order valence-corrected chi connectivity index (χ2v) is 16.6. The fraction of sp³-hybridized carbons (Fsp3) is 0.393. The minimum Gasteiger partial charge on any atom is -0.497 e.